The topological polar surface area (TPSA) is 70.4 Å². The maximum atomic E-state index is 11.8. The van der Waals surface area contributed by atoms with Crippen LogP contribution in [-0.4, -0.2) is 33.4 Å². The third-order valence-electron chi connectivity index (χ3n) is 2.15. The molecule has 0 fully saturated rings. The molecule has 0 unspecified atom stereocenters. The predicted molar refractivity (Wildman–Crippen MR) is 63.2 cm³/mol. The Morgan fingerprint density at radius 2 is 2.06 bits per heavy atom. The van der Waals surface area contributed by atoms with Crippen molar-refractivity contribution in [3.8, 4) is 11.8 Å². The molecule has 0 saturated heterocycles. The van der Waals surface area contributed by atoms with E-state index in [9.17, 15) is 8.42 Å². The highest BCUT2D eigenvalue weighted by Gasteiger charge is 2.18. The number of ether oxygens (including phenoxy) is 1. The van der Waals surface area contributed by atoms with Crippen LogP contribution in [0.1, 0.15) is 12.5 Å². The van der Waals surface area contributed by atoms with Crippen LogP contribution in [0.25, 0.3) is 0 Å². The zero-order chi connectivity index (χ0) is 13.1. The first-order valence-corrected chi connectivity index (χ1v) is 6.47. The molecule has 1 aromatic carbocycles. The molecule has 0 N–H and O–H groups in total. The van der Waals surface area contributed by atoms with E-state index in [0.29, 0.717) is 12.4 Å². The summed E-state index contributed by atoms with van der Waals surface area (Å²) in [6.45, 7) is 2.22. The van der Waals surface area contributed by atoms with Crippen LogP contribution in [0.4, 0.5) is 0 Å². The first-order valence-electron chi connectivity index (χ1n) is 5.03. The van der Waals surface area contributed by atoms with Gasteiger partial charge in [0.15, 0.2) is 0 Å². The van der Waals surface area contributed by atoms with Crippen molar-refractivity contribution in [2.24, 2.45) is 0 Å². The number of sulfonamides is 1. The van der Waals surface area contributed by atoms with Crippen molar-refractivity contribution in [1.82, 2.24) is 4.31 Å². The fourth-order valence-electron chi connectivity index (χ4n) is 1.25. The standard InChI is InChI=1S/C11H14N2O3S/c1-4-16-11-6-5-10(7-9(11)8-12)17(14,15)13(2)3/h5-7H,4H2,1-3H3. The Bertz CT molecular complexity index is 544. The summed E-state index contributed by atoms with van der Waals surface area (Å²) in [5, 5.41) is 8.94. The maximum absolute atomic E-state index is 11.8. The van der Waals surface area contributed by atoms with Crippen LogP contribution >= 0.6 is 0 Å². The second kappa shape index (κ2) is 5.17. The maximum Gasteiger partial charge on any atom is 0.242 e. The molecule has 17 heavy (non-hydrogen) atoms. The molecule has 92 valence electrons. The van der Waals surface area contributed by atoms with Gasteiger partial charge in [0.25, 0.3) is 0 Å². The van der Waals surface area contributed by atoms with E-state index in [1.165, 1.54) is 32.3 Å². The number of nitriles is 1. The Morgan fingerprint density at radius 1 is 1.41 bits per heavy atom. The van der Waals surface area contributed by atoms with Crippen LogP contribution in [0.3, 0.4) is 0 Å². The molecular formula is C11H14N2O3S. The van der Waals surface area contributed by atoms with Gasteiger partial charge in [0.2, 0.25) is 10.0 Å². The monoisotopic (exact) mass is 254 g/mol. The minimum Gasteiger partial charge on any atom is -0.492 e. The molecular weight excluding hydrogens is 240 g/mol. The van der Waals surface area contributed by atoms with Gasteiger partial charge in [-0.05, 0) is 25.1 Å². The summed E-state index contributed by atoms with van der Waals surface area (Å²) in [5.74, 6) is 0.396. The van der Waals surface area contributed by atoms with Crippen molar-refractivity contribution in [3.05, 3.63) is 23.8 Å². The molecule has 0 atom stereocenters. The van der Waals surface area contributed by atoms with Gasteiger partial charge in [0.1, 0.15) is 11.8 Å². The summed E-state index contributed by atoms with van der Waals surface area (Å²) in [7, 11) is -0.630. The summed E-state index contributed by atoms with van der Waals surface area (Å²) in [5.41, 5.74) is 0.217. The lowest BCUT2D eigenvalue weighted by Gasteiger charge is -2.12. The third kappa shape index (κ3) is 2.75. The summed E-state index contributed by atoms with van der Waals surface area (Å²) in [6, 6.07) is 6.17. The second-order valence-electron chi connectivity index (χ2n) is 3.49. The highest BCUT2D eigenvalue weighted by molar-refractivity contribution is 7.89. The molecule has 0 bridgehead atoms. The fraction of sp³-hybridized carbons (Fsp3) is 0.364. The molecule has 0 spiro atoms. The zero-order valence-electron chi connectivity index (χ0n) is 9.97. The van der Waals surface area contributed by atoms with Crippen molar-refractivity contribution in [2.45, 2.75) is 11.8 Å². The molecule has 0 amide bonds. The predicted octanol–water partition coefficient (Wildman–Crippen LogP) is 1.21. The van der Waals surface area contributed by atoms with Crippen molar-refractivity contribution in [3.63, 3.8) is 0 Å². The third-order valence-corrected chi connectivity index (χ3v) is 3.96. The van der Waals surface area contributed by atoms with E-state index in [0.717, 1.165) is 4.31 Å². The summed E-state index contributed by atoms with van der Waals surface area (Å²) in [4.78, 5) is 0.0857. The zero-order valence-corrected chi connectivity index (χ0v) is 10.8. The van der Waals surface area contributed by atoms with Gasteiger partial charge in [0.05, 0.1) is 17.1 Å². The van der Waals surface area contributed by atoms with Crippen LogP contribution in [0.15, 0.2) is 23.1 Å². The highest BCUT2D eigenvalue weighted by atomic mass is 32.2. The number of hydrogen-bond donors (Lipinski definition) is 0. The van der Waals surface area contributed by atoms with Crippen molar-refractivity contribution >= 4 is 10.0 Å². The highest BCUT2D eigenvalue weighted by Crippen LogP contribution is 2.23. The van der Waals surface area contributed by atoms with E-state index in [2.05, 4.69) is 0 Å². The molecule has 6 heteroatoms. The van der Waals surface area contributed by atoms with Gasteiger partial charge in [-0.25, -0.2) is 12.7 Å². The molecule has 1 rings (SSSR count). The van der Waals surface area contributed by atoms with E-state index >= 15 is 0 Å². The Morgan fingerprint density at radius 3 is 2.53 bits per heavy atom. The molecule has 0 saturated carbocycles. The van der Waals surface area contributed by atoms with E-state index in [1.807, 2.05) is 6.07 Å². The lowest BCUT2D eigenvalue weighted by Crippen LogP contribution is -2.22. The Kier molecular flexibility index (Phi) is 4.10. The molecule has 0 aliphatic rings. The van der Waals surface area contributed by atoms with E-state index in [-0.39, 0.29) is 10.5 Å². The Balaban J connectivity index is 3.29. The van der Waals surface area contributed by atoms with Gasteiger partial charge >= 0.3 is 0 Å². The average Bonchev–Trinajstić information content (AvgIpc) is 2.29. The Hall–Kier alpha value is -1.58. The van der Waals surface area contributed by atoms with Crippen LogP contribution in [0, 0.1) is 11.3 Å². The minimum absolute atomic E-state index is 0.0857. The van der Waals surface area contributed by atoms with Gasteiger partial charge in [0, 0.05) is 14.1 Å². The molecule has 0 heterocycles. The summed E-state index contributed by atoms with van der Waals surface area (Å²) in [6.07, 6.45) is 0. The number of nitrogens with zero attached hydrogens (tertiary/aromatic N) is 2. The molecule has 0 radical (unpaired) electrons. The summed E-state index contributed by atoms with van der Waals surface area (Å²) < 4.78 is 30.0. The van der Waals surface area contributed by atoms with Gasteiger partial charge in [-0.3, -0.25) is 0 Å². The normalized spacial score (nSPS) is 11.2. The smallest absolute Gasteiger partial charge is 0.242 e. The largest absolute Gasteiger partial charge is 0.492 e. The lowest BCUT2D eigenvalue weighted by molar-refractivity contribution is 0.339. The molecule has 1 aromatic rings. The molecule has 5 nitrogen and oxygen atoms in total. The van der Waals surface area contributed by atoms with Crippen LogP contribution in [-0.2, 0) is 10.0 Å². The summed E-state index contributed by atoms with van der Waals surface area (Å²) >= 11 is 0. The fourth-order valence-corrected chi connectivity index (χ4v) is 2.18. The quantitative estimate of drug-likeness (QED) is 0.809. The van der Waals surface area contributed by atoms with Gasteiger partial charge in [-0.1, -0.05) is 0 Å². The minimum atomic E-state index is -3.51. The van der Waals surface area contributed by atoms with E-state index in [4.69, 9.17) is 10.00 Å². The second-order valence-corrected chi connectivity index (χ2v) is 5.64. The number of rotatable bonds is 4. The SMILES string of the molecule is CCOc1ccc(S(=O)(=O)N(C)C)cc1C#N. The first-order chi connectivity index (χ1) is 7.93. The van der Waals surface area contributed by atoms with Crippen LogP contribution in [0.2, 0.25) is 0 Å². The van der Waals surface area contributed by atoms with Crippen LogP contribution < -0.4 is 4.74 Å². The van der Waals surface area contributed by atoms with E-state index in [1.54, 1.807) is 6.92 Å². The van der Waals surface area contributed by atoms with Crippen LogP contribution in [0.5, 0.6) is 5.75 Å². The molecule has 0 aliphatic heterocycles. The molecule has 0 aliphatic carbocycles. The number of hydrogen-bond acceptors (Lipinski definition) is 4. The van der Waals surface area contributed by atoms with Gasteiger partial charge in [-0.2, -0.15) is 5.26 Å². The molecule has 0 aromatic heterocycles. The first kappa shape index (κ1) is 13.5. The number of benzene rings is 1. The average molecular weight is 254 g/mol. The van der Waals surface area contributed by atoms with Gasteiger partial charge in [-0.15, -0.1) is 0 Å². The van der Waals surface area contributed by atoms with Crippen molar-refractivity contribution in [1.29, 1.82) is 5.26 Å². The van der Waals surface area contributed by atoms with Crippen molar-refractivity contribution < 1.29 is 13.2 Å². The van der Waals surface area contributed by atoms with Gasteiger partial charge < -0.3 is 4.74 Å². The Labute approximate surface area is 101 Å². The lowest BCUT2D eigenvalue weighted by atomic mass is 10.2. The van der Waals surface area contributed by atoms with E-state index < -0.39 is 10.0 Å². The van der Waals surface area contributed by atoms with Crippen molar-refractivity contribution in [2.75, 3.05) is 20.7 Å².